The van der Waals surface area contributed by atoms with Gasteiger partial charge in [0.05, 0.1) is 12.0 Å². The Balaban J connectivity index is 2.23. The number of hydrogen-bond donors (Lipinski definition) is 1. The van der Waals surface area contributed by atoms with Crippen LogP contribution in [-0.2, 0) is 15.1 Å². The van der Waals surface area contributed by atoms with Gasteiger partial charge in [-0.2, -0.15) is 0 Å². The fourth-order valence-corrected chi connectivity index (χ4v) is 4.14. The molecule has 0 saturated carbocycles. The minimum atomic E-state index is -1.42. The highest BCUT2D eigenvalue weighted by molar-refractivity contribution is 7.17. The van der Waals surface area contributed by atoms with Crippen LogP contribution in [-0.4, -0.2) is 22.1 Å². The van der Waals surface area contributed by atoms with Gasteiger partial charge in [-0.05, 0) is 37.8 Å². The summed E-state index contributed by atoms with van der Waals surface area (Å²) >= 11 is 1.30. The lowest BCUT2D eigenvalue weighted by Crippen LogP contribution is -2.51. The SMILES string of the molecule is CCOC(=O)C(C)(C)n1c(=O)[nH]c2scc(-c3ccc(C(C)C)cc3)c2c1=O. The van der Waals surface area contributed by atoms with Crippen molar-refractivity contribution in [3.63, 3.8) is 0 Å². The first-order chi connectivity index (χ1) is 13.2. The van der Waals surface area contributed by atoms with Crippen LogP contribution in [0.2, 0.25) is 0 Å². The van der Waals surface area contributed by atoms with E-state index in [2.05, 4.69) is 18.8 Å². The Bertz CT molecular complexity index is 1130. The zero-order valence-corrected chi connectivity index (χ0v) is 17.5. The zero-order valence-electron chi connectivity index (χ0n) is 16.7. The van der Waals surface area contributed by atoms with E-state index in [4.69, 9.17) is 4.74 Å². The zero-order chi connectivity index (χ0) is 20.6. The predicted molar refractivity (Wildman–Crippen MR) is 112 cm³/mol. The Morgan fingerprint density at radius 1 is 1.21 bits per heavy atom. The van der Waals surface area contributed by atoms with Crippen LogP contribution in [0.15, 0.2) is 39.2 Å². The number of aromatic nitrogens is 2. The van der Waals surface area contributed by atoms with E-state index >= 15 is 0 Å². The molecule has 0 atom stereocenters. The molecule has 0 unspecified atom stereocenters. The Kier molecular flexibility index (Phi) is 5.30. The third-order valence-corrected chi connectivity index (χ3v) is 5.75. The van der Waals surface area contributed by atoms with E-state index in [-0.39, 0.29) is 6.61 Å². The first-order valence-corrected chi connectivity index (χ1v) is 10.1. The van der Waals surface area contributed by atoms with Crippen LogP contribution in [0.25, 0.3) is 21.3 Å². The molecule has 0 fully saturated rings. The molecule has 2 heterocycles. The summed E-state index contributed by atoms with van der Waals surface area (Å²) in [4.78, 5) is 41.5. The minimum absolute atomic E-state index is 0.170. The molecule has 1 aromatic carbocycles. The molecule has 7 heteroatoms. The number of H-pyrrole nitrogens is 1. The fourth-order valence-electron chi connectivity index (χ4n) is 3.19. The standard InChI is InChI=1S/C21H24N2O4S/c1-6-27-19(25)21(4,5)23-18(24)16-15(11-28-17(16)22-20(23)26)14-9-7-13(8-10-14)12(2)3/h7-12H,6H2,1-5H3,(H,22,26). The van der Waals surface area contributed by atoms with E-state index in [1.807, 2.05) is 29.6 Å². The second kappa shape index (κ2) is 7.39. The number of hydrogen-bond acceptors (Lipinski definition) is 5. The summed E-state index contributed by atoms with van der Waals surface area (Å²) in [5, 5.41) is 2.26. The van der Waals surface area contributed by atoms with Crippen molar-refractivity contribution in [2.24, 2.45) is 0 Å². The number of nitrogens with one attached hydrogen (secondary N) is 1. The van der Waals surface area contributed by atoms with Gasteiger partial charge in [0.15, 0.2) is 0 Å². The number of esters is 1. The Morgan fingerprint density at radius 3 is 2.43 bits per heavy atom. The van der Waals surface area contributed by atoms with E-state index in [1.165, 1.54) is 30.7 Å². The van der Waals surface area contributed by atoms with Crippen molar-refractivity contribution in [3.8, 4) is 11.1 Å². The highest BCUT2D eigenvalue weighted by Gasteiger charge is 2.35. The Hall–Kier alpha value is -2.67. The quantitative estimate of drug-likeness (QED) is 0.660. The number of nitrogens with zero attached hydrogens (tertiary/aromatic N) is 1. The van der Waals surface area contributed by atoms with Crippen LogP contribution in [0, 0.1) is 0 Å². The third kappa shape index (κ3) is 3.30. The molecule has 3 rings (SSSR count). The molecule has 0 aliphatic carbocycles. The molecule has 6 nitrogen and oxygen atoms in total. The van der Waals surface area contributed by atoms with Crippen molar-refractivity contribution in [2.75, 3.05) is 6.61 Å². The van der Waals surface area contributed by atoms with Crippen molar-refractivity contribution in [1.82, 2.24) is 9.55 Å². The van der Waals surface area contributed by atoms with Gasteiger partial charge in [0.2, 0.25) is 0 Å². The number of aromatic amines is 1. The third-order valence-electron chi connectivity index (χ3n) is 4.85. The molecule has 0 aliphatic heterocycles. The number of carbonyl (C=O) groups is 1. The van der Waals surface area contributed by atoms with Crippen LogP contribution in [0.1, 0.15) is 46.1 Å². The summed E-state index contributed by atoms with van der Waals surface area (Å²) in [6, 6.07) is 8.02. The fraction of sp³-hybridized carbons (Fsp3) is 0.381. The summed E-state index contributed by atoms with van der Waals surface area (Å²) in [6.07, 6.45) is 0. The van der Waals surface area contributed by atoms with Gasteiger partial charge in [0, 0.05) is 10.9 Å². The Labute approximate surface area is 166 Å². The van der Waals surface area contributed by atoms with Crippen molar-refractivity contribution >= 4 is 27.5 Å². The van der Waals surface area contributed by atoms with Gasteiger partial charge in [-0.15, -0.1) is 11.3 Å². The number of carbonyl (C=O) groups excluding carboxylic acids is 1. The lowest BCUT2D eigenvalue weighted by atomic mass is 9.99. The maximum absolute atomic E-state index is 13.3. The number of thiophene rings is 1. The number of rotatable bonds is 5. The van der Waals surface area contributed by atoms with Crippen molar-refractivity contribution in [2.45, 2.75) is 46.1 Å². The summed E-state index contributed by atoms with van der Waals surface area (Å²) in [5.41, 5.74) is 0.290. The molecular weight excluding hydrogens is 376 g/mol. The van der Waals surface area contributed by atoms with Crippen molar-refractivity contribution < 1.29 is 9.53 Å². The largest absolute Gasteiger partial charge is 0.464 e. The molecule has 3 aromatic rings. The average Bonchev–Trinajstić information content (AvgIpc) is 3.05. The average molecular weight is 401 g/mol. The second-order valence-electron chi connectivity index (χ2n) is 7.48. The summed E-state index contributed by atoms with van der Waals surface area (Å²) in [7, 11) is 0. The maximum atomic E-state index is 13.3. The number of benzene rings is 1. The predicted octanol–water partition coefficient (Wildman–Crippen LogP) is 3.84. The molecule has 0 radical (unpaired) electrons. The Morgan fingerprint density at radius 2 is 1.86 bits per heavy atom. The van der Waals surface area contributed by atoms with Crippen molar-refractivity contribution in [3.05, 3.63) is 56.0 Å². The molecule has 28 heavy (non-hydrogen) atoms. The lowest BCUT2D eigenvalue weighted by molar-refractivity contribution is -0.152. The van der Waals surface area contributed by atoms with Gasteiger partial charge in [-0.3, -0.25) is 9.78 Å². The molecular formula is C21H24N2O4S. The molecule has 0 bridgehead atoms. The number of ether oxygens (including phenoxy) is 1. The second-order valence-corrected chi connectivity index (χ2v) is 8.36. The van der Waals surface area contributed by atoms with Gasteiger partial charge in [0.1, 0.15) is 10.4 Å². The molecule has 0 aliphatic rings. The van der Waals surface area contributed by atoms with Crippen LogP contribution < -0.4 is 11.2 Å². The van der Waals surface area contributed by atoms with Crippen LogP contribution >= 0.6 is 11.3 Å². The molecule has 148 valence electrons. The highest BCUT2D eigenvalue weighted by atomic mass is 32.1. The first kappa shape index (κ1) is 20.1. The van der Waals surface area contributed by atoms with E-state index in [0.29, 0.717) is 16.1 Å². The van der Waals surface area contributed by atoms with E-state index in [9.17, 15) is 14.4 Å². The topological polar surface area (TPSA) is 81.2 Å². The molecule has 0 amide bonds. The van der Waals surface area contributed by atoms with Gasteiger partial charge in [-0.25, -0.2) is 14.2 Å². The summed E-state index contributed by atoms with van der Waals surface area (Å²) < 4.78 is 6.02. The van der Waals surface area contributed by atoms with Gasteiger partial charge >= 0.3 is 11.7 Å². The highest BCUT2D eigenvalue weighted by Crippen LogP contribution is 2.31. The van der Waals surface area contributed by atoms with E-state index < -0.39 is 22.8 Å². The normalized spacial score (nSPS) is 11.9. The van der Waals surface area contributed by atoms with E-state index in [0.717, 1.165) is 15.7 Å². The van der Waals surface area contributed by atoms with Crippen LogP contribution in [0.5, 0.6) is 0 Å². The molecule has 0 spiro atoms. The molecule has 0 saturated heterocycles. The minimum Gasteiger partial charge on any atom is -0.464 e. The van der Waals surface area contributed by atoms with Crippen LogP contribution in [0.4, 0.5) is 0 Å². The van der Waals surface area contributed by atoms with Crippen molar-refractivity contribution in [1.29, 1.82) is 0 Å². The summed E-state index contributed by atoms with van der Waals surface area (Å²) in [6.45, 7) is 9.12. The molecule has 1 N–H and O–H groups in total. The van der Waals surface area contributed by atoms with Gasteiger partial charge in [0.25, 0.3) is 5.56 Å². The van der Waals surface area contributed by atoms with Gasteiger partial charge in [-0.1, -0.05) is 38.1 Å². The van der Waals surface area contributed by atoms with Crippen LogP contribution in [0.3, 0.4) is 0 Å². The lowest BCUT2D eigenvalue weighted by Gasteiger charge is -2.24. The van der Waals surface area contributed by atoms with E-state index in [1.54, 1.807) is 6.92 Å². The number of fused-ring (bicyclic) bond motifs is 1. The smallest absolute Gasteiger partial charge is 0.332 e. The first-order valence-electron chi connectivity index (χ1n) is 9.23. The monoisotopic (exact) mass is 400 g/mol. The molecule has 2 aromatic heterocycles. The van der Waals surface area contributed by atoms with Gasteiger partial charge < -0.3 is 4.74 Å². The maximum Gasteiger partial charge on any atom is 0.332 e. The summed E-state index contributed by atoms with van der Waals surface area (Å²) in [5.74, 6) is -0.216.